The molecule has 2 aromatic carbocycles. The molecule has 1 heterocycles. The smallest absolute Gasteiger partial charge is 0.323 e. The van der Waals surface area contributed by atoms with Crippen LogP contribution in [-0.2, 0) is 15.1 Å². The molecule has 0 spiro atoms. The van der Waals surface area contributed by atoms with Crippen LogP contribution in [0.4, 0.5) is 16.2 Å². The fourth-order valence-corrected chi connectivity index (χ4v) is 4.47. The van der Waals surface area contributed by atoms with Crippen LogP contribution in [0.5, 0.6) is 5.75 Å². The standard InChI is InChI=1S/C30H36N4O5/c1-20(16-28(36)37)18-34-15-9-8-11-24(19-34)30(4,33-22(3)35)23-13-14-26(27(17-23)39-5)32-29(38)31-25-12-7-6-10-21(25)2/h6-15,17,19-20H,16,18H2,1-5H3,(H,33,35)(H,36,37)(H2,31,32,38). The number of urea groups is 1. The molecule has 39 heavy (non-hydrogen) atoms. The van der Waals surface area contributed by atoms with Crippen LogP contribution in [0.15, 0.2) is 78.7 Å². The second-order valence-corrected chi connectivity index (χ2v) is 9.80. The summed E-state index contributed by atoms with van der Waals surface area (Å²) in [6.45, 7) is 7.63. The lowest BCUT2D eigenvalue weighted by Gasteiger charge is -2.34. The molecule has 2 aromatic rings. The van der Waals surface area contributed by atoms with E-state index in [4.69, 9.17) is 9.84 Å². The zero-order chi connectivity index (χ0) is 28.6. The molecular weight excluding hydrogens is 496 g/mol. The summed E-state index contributed by atoms with van der Waals surface area (Å²) in [4.78, 5) is 38.1. The summed E-state index contributed by atoms with van der Waals surface area (Å²) in [6, 6.07) is 12.4. The normalized spacial score (nSPS) is 14.9. The minimum atomic E-state index is -0.960. The van der Waals surface area contributed by atoms with Crippen molar-refractivity contribution in [3.63, 3.8) is 0 Å². The highest BCUT2D eigenvalue weighted by Gasteiger charge is 2.33. The number of carboxylic acids is 1. The number of hydrogen-bond donors (Lipinski definition) is 4. The summed E-state index contributed by atoms with van der Waals surface area (Å²) in [5, 5.41) is 17.9. The van der Waals surface area contributed by atoms with Crippen LogP contribution in [0, 0.1) is 12.8 Å². The van der Waals surface area contributed by atoms with Crippen molar-refractivity contribution in [2.24, 2.45) is 5.92 Å². The van der Waals surface area contributed by atoms with E-state index >= 15 is 0 Å². The van der Waals surface area contributed by atoms with Gasteiger partial charge in [-0.1, -0.05) is 43.3 Å². The zero-order valence-electron chi connectivity index (χ0n) is 22.9. The van der Waals surface area contributed by atoms with Gasteiger partial charge in [0.05, 0.1) is 18.3 Å². The number of carbonyl (C=O) groups excluding carboxylic acids is 2. The van der Waals surface area contributed by atoms with Gasteiger partial charge in [-0.3, -0.25) is 9.59 Å². The van der Waals surface area contributed by atoms with Gasteiger partial charge in [0.1, 0.15) is 5.75 Å². The molecule has 2 atom stereocenters. The van der Waals surface area contributed by atoms with Gasteiger partial charge in [-0.15, -0.1) is 0 Å². The number of anilines is 2. The fraction of sp³-hybridized carbons (Fsp3) is 0.300. The predicted molar refractivity (Wildman–Crippen MR) is 152 cm³/mol. The average Bonchev–Trinajstić information content (AvgIpc) is 3.10. The first-order chi connectivity index (χ1) is 18.5. The average molecular weight is 533 g/mol. The molecule has 3 rings (SSSR count). The predicted octanol–water partition coefficient (Wildman–Crippen LogP) is 5.38. The largest absolute Gasteiger partial charge is 0.495 e. The van der Waals surface area contributed by atoms with Crippen molar-refractivity contribution in [3.05, 3.63) is 89.8 Å². The summed E-state index contributed by atoms with van der Waals surface area (Å²) >= 11 is 0. The Kier molecular flexibility index (Phi) is 9.54. The van der Waals surface area contributed by atoms with Crippen LogP contribution in [0.25, 0.3) is 0 Å². The first-order valence-corrected chi connectivity index (χ1v) is 12.7. The SMILES string of the molecule is COc1cc(C(C)(NC(C)=O)C2=CN(CC(C)CC(=O)O)C=CC=C2)ccc1NC(=O)Nc1ccccc1C. The fourth-order valence-electron chi connectivity index (χ4n) is 4.47. The Morgan fingerprint density at radius 3 is 2.46 bits per heavy atom. The van der Waals surface area contributed by atoms with E-state index in [-0.39, 0.29) is 18.2 Å². The maximum Gasteiger partial charge on any atom is 0.323 e. The van der Waals surface area contributed by atoms with Gasteiger partial charge in [-0.05, 0) is 60.7 Å². The van der Waals surface area contributed by atoms with Gasteiger partial charge in [0, 0.05) is 38.0 Å². The van der Waals surface area contributed by atoms with Gasteiger partial charge in [-0.2, -0.15) is 0 Å². The summed E-state index contributed by atoms with van der Waals surface area (Å²) in [5.74, 6) is -0.744. The number of allylic oxidation sites excluding steroid dienone is 2. The zero-order valence-corrected chi connectivity index (χ0v) is 22.9. The van der Waals surface area contributed by atoms with Gasteiger partial charge in [-0.25, -0.2) is 4.79 Å². The number of carbonyl (C=O) groups is 3. The number of amides is 3. The molecule has 1 aliphatic rings. The third kappa shape index (κ3) is 7.73. The topological polar surface area (TPSA) is 120 Å². The molecule has 0 radical (unpaired) electrons. The Bertz CT molecular complexity index is 1320. The first-order valence-electron chi connectivity index (χ1n) is 12.7. The van der Waals surface area contributed by atoms with Gasteiger partial charge in [0.2, 0.25) is 5.91 Å². The number of carboxylic acid groups (broad SMARTS) is 1. The van der Waals surface area contributed by atoms with E-state index in [2.05, 4.69) is 16.0 Å². The highest BCUT2D eigenvalue weighted by atomic mass is 16.5. The van der Waals surface area contributed by atoms with Gasteiger partial charge >= 0.3 is 12.0 Å². The highest BCUT2D eigenvalue weighted by molar-refractivity contribution is 6.01. The second-order valence-electron chi connectivity index (χ2n) is 9.80. The molecule has 9 nitrogen and oxygen atoms in total. The number of nitrogens with one attached hydrogen (secondary N) is 3. The van der Waals surface area contributed by atoms with Crippen LogP contribution in [0.2, 0.25) is 0 Å². The highest BCUT2D eigenvalue weighted by Crippen LogP contribution is 2.36. The number of benzene rings is 2. The van der Waals surface area contributed by atoms with Crippen LogP contribution < -0.4 is 20.7 Å². The van der Waals surface area contributed by atoms with Crippen molar-refractivity contribution >= 4 is 29.3 Å². The summed E-state index contributed by atoms with van der Waals surface area (Å²) in [6.07, 6.45) is 9.47. The molecule has 2 unspecified atom stereocenters. The number of hydrogen-bond acceptors (Lipinski definition) is 5. The third-order valence-corrected chi connectivity index (χ3v) is 6.44. The molecule has 0 saturated heterocycles. The van der Waals surface area contributed by atoms with Gasteiger partial charge < -0.3 is 30.7 Å². The number of para-hydroxylation sites is 1. The molecule has 3 amide bonds. The molecular formula is C30H36N4O5. The second kappa shape index (κ2) is 12.8. The van der Waals surface area contributed by atoms with Crippen molar-refractivity contribution < 1.29 is 24.2 Å². The molecule has 0 aromatic heterocycles. The van der Waals surface area contributed by atoms with E-state index in [0.717, 1.165) is 16.7 Å². The monoisotopic (exact) mass is 532 g/mol. The molecule has 9 heteroatoms. The van der Waals surface area contributed by atoms with E-state index in [9.17, 15) is 14.4 Å². The van der Waals surface area contributed by atoms with Crippen molar-refractivity contribution in [2.75, 3.05) is 24.3 Å². The quantitative estimate of drug-likeness (QED) is 0.326. The first kappa shape index (κ1) is 29.0. The van der Waals surface area contributed by atoms with E-state index in [1.807, 2.05) is 86.6 Å². The molecule has 206 valence electrons. The molecule has 0 aliphatic carbocycles. The van der Waals surface area contributed by atoms with Gasteiger partial charge in [0.25, 0.3) is 0 Å². The van der Waals surface area contributed by atoms with E-state index in [1.165, 1.54) is 14.0 Å². The lowest BCUT2D eigenvalue weighted by molar-refractivity contribution is -0.138. The minimum Gasteiger partial charge on any atom is -0.495 e. The van der Waals surface area contributed by atoms with Crippen molar-refractivity contribution in [3.8, 4) is 5.75 Å². The molecule has 0 fully saturated rings. The number of rotatable bonds is 10. The third-order valence-electron chi connectivity index (χ3n) is 6.44. The molecule has 0 bridgehead atoms. The van der Waals surface area contributed by atoms with Gasteiger partial charge in [0.15, 0.2) is 0 Å². The summed E-state index contributed by atoms with van der Waals surface area (Å²) in [5.41, 5.74) is 2.66. The molecule has 1 aliphatic heterocycles. The lowest BCUT2D eigenvalue weighted by atomic mass is 9.83. The summed E-state index contributed by atoms with van der Waals surface area (Å²) < 4.78 is 5.61. The van der Waals surface area contributed by atoms with Crippen molar-refractivity contribution in [2.45, 2.75) is 39.7 Å². The lowest BCUT2D eigenvalue weighted by Crippen LogP contribution is -2.44. The Morgan fingerprint density at radius 2 is 1.79 bits per heavy atom. The maximum atomic E-state index is 12.7. The van der Waals surface area contributed by atoms with Crippen molar-refractivity contribution in [1.82, 2.24) is 10.2 Å². The Morgan fingerprint density at radius 1 is 1.08 bits per heavy atom. The minimum absolute atomic E-state index is 0.0486. The molecule has 4 N–H and O–H groups in total. The Labute approximate surface area is 229 Å². The van der Waals surface area contributed by atoms with Crippen LogP contribution in [-0.4, -0.2) is 41.6 Å². The van der Waals surface area contributed by atoms with Crippen LogP contribution >= 0.6 is 0 Å². The van der Waals surface area contributed by atoms with Crippen LogP contribution in [0.1, 0.15) is 38.3 Å². The van der Waals surface area contributed by atoms with E-state index in [1.54, 1.807) is 12.1 Å². The van der Waals surface area contributed by atoms with E-state index in [0.29, 0.717) is 23.7 Å². The Balaban J connectivity index is 1.92. The number of aliphatic carboxylic acids is 1. The van der Waals surface area contributed by atoms with Crippen molar-refractivity contribution in [1.29, 1.82) is 0 Å². The van der Waals surface area contributed by atoms with Crippen LogP contribution in [0.3, 0.4) is 0 Å². The summed E-state index contributed by atoms with van der Waals surface area (Å²) in [7, 11) is 1.51. The Hall–Kier alpha value is -4.53. The number of methoxy groups -OCH3 is 1. The molecule has 0 saturated carbocycles. The maximum absolute atomic E-state index is 12.7. The number of aryl methyl sites for hydroxylation is 1. The van der Waals surface area contributed by atoms with E-state index < -0.39 is 17.5 Å². The number of nitrogens with zero attached hydrogens (tertiary/aromatic N) is 1. The number of ether oxygens (including phenoxy) is 1.